The molecule has 2 aromatic heterocycles. The Morgan fingerprint density at radius 2 is 2.22 bits per heavy atom. The number of fused-ring (bicyclic) bond motifs is 1. The molecule has 3 rings (SSSR count). The fourth-order valence-electron chi connectivity index (χ4n) is 3.35. The van der Waals surface area contributed by atoms with Gasteiger partial charge >= 0.3 is 5.97 Å². The maximum Gasteiger partial charge on any atom is 0.312 e. The largest absolute Gasteiger partial charge is 0.481 e. The zero-order chi connectivity index (χ0) is 16.6. The van der Waals surface area contributed by atoms with Crippen LogP contribution in [-0.2, 0) is 17.8 Å². The molecule has 0 saturated heterocycles. The number of hydrogen-bond acceptors (Lipinski definition) is 3. The van der Waals surface area contributed by atoms with Crippen LogP contribution in [0.15, 0.2) is 17.5 Å². The minimum absolute atomic E-state index is 0.0425. The molecule has 0 radical (unpaired) electrons. The molecule has 1 unspecified atom stereocenters. The number of carboxylic acids is 1. The van der Waals surface area contributed by atoms with E-state index in [1.807, 2.05) is 29.0 Å². The molecule has 0 bridgehead atoms. The van der Waals surface area contributed by atoms with Crippen molar-refractivity contribution in [2.75, 3.05) is 0 Å². The Bertz CT molecular complexity index is 756. The van der Waals surface area contributed by atoms with E-state index >= 15 is 0 Å². The minimum atomic E-state index is -0.797. The molecule has 1 N–H and O–H groups in total. The molecule has 122 valence electrons. The summed E-state index contributed by atoms with van der Waals surface area (Å²) < 4.78 is 1.95. The number of unbranched alkanes of at least 4 members (excludes halogenated alkanes) is 1. The van der Waals surface area contributed by atoms with Gasteiger partial charge in [-0.3, -0.25) is 9.59 Å². The molecule has 0 saturated carbocycles. The normalized spacial score (nSPS) is 16.5. The van der Waals surface area contributed by atoms with Gasteiger partial charge in [0.05, 0.1) is 16.5 Å². The first-order valence-corrected chi connectivity index (χ1v) is 8.96. The van der Waals surface area contributed by atoms with E-state index in [1.165, 1.54) is 11.3 Å². The van der Waals surface area contributed by atoms with E-state index in [2.05, 4.69) is 6.92 Å². The van der Waals surface area contributed by atoms with Gasteiger partial charge in [0.2, 0.25) is 5.78 Å². The molecule has 0 aromatic carbocycles. The lowest BCUT2D eigenvalue weighted by molar-refractivity contribution is -0.138. The van der Waals surface area contributed by atoms with Crippen LogP contribution >= 0.6 is 11.3 Å². The van der Waals surface area contributed by atoms with Crippen LogP contribution in [0.4, 0.5) is 0 Å². The number of aryl methyl sites for hydroxylation is 2. The number of hydrogen-bond donors (Lipinski definition) is 1. The molecule has 5 heteroatoms. The van der Waals surface area contributed by atoms with Crippen LogP contribution in [-0.4, -0.2) is 21.4 Å². The molecule has 4 nitrogen and oxygen atoms in total. The molecule has 1 aliphatic heterocycles. The third-order valence-electron chi connectivity index (χ3n) is 4.59. The number of ketones is 1. The van der Waals surface area contributed by atoms with Crippen molar-refractivity contribution in [3.63, 3.8) is 0 Å². The minimum Gasteiger partial charge on any atom is -0.481 e. The molecular formula is C18H21NO3S. The standard InChI is InChI=1S/C18H21NO3S/c1-3-4-5-12-10-14-13(18(21)22)6-8-19(14)15(12)16(20)17-11(2)7-9-23-17/h7,9-10,13H,3-6,8H2,1-2H3,(H,21,22). The first-order chi connectivity index (χ1) is 11.0. The van der Waals surface area contributed by atoms with Gasteiger partial charge in [-0.25, -0.2) is 0 Å². The predicted octanol–water partition coefficient (Wildman–Crippen LogP) is 4.00. The highest BCUT2D eigenvalue weighted by Gasteiger charge is 2.34. The molecule has 0 spiro atoms. The van der Waals surface area contributed by atoms with Gasteiger partial charge in [-0.05, 0) is 54.8 Å². The molecule has 3 heterocycles. The zero-order valence-corrected chi connectivity index (χ0v) is 14.3. The number of nitrogens with zero attached hydrogens (tertiary/aromatic N) is 1. The fraction of sp³-hybridized carbons (Fsp3) is 0.444. The third kappa shape index (κ3) is 2.74. The average molecular weight is 331 g/mol. The number of carbonyl (C=O) groups excluding carboxylic acids is 1. The zero-order valence-electron chi connectivity index (χ0n) is 13.5. The number of aromatic nitrogens is 1. The van der Waals surface area contributed by atoms with Crippen LogP contribution in [0, 0.1) is 6.92 Å². The summed E-state index contributed by atoms with van der Waals surface area (Å²) in [5, 5.41) is 11.3. The Labute approximate surface area is 139 Å². The molecule has 1 atom stereocenters. The molecule has 23 heavy (non-hydrogen) atoms. The number of carboxylic acid groups (broad SMARTS) is 1. The van der Waals surface area contributed by atoms with Gasteiger partial charge in [0.15, 0.2) is 0 Å². The van der Waals surface area contributed by atoms with Crippen molar-refractivity contribution < 1.29 is 14.7 Å². The number of rotatable bonds is 6. The Hall–Kier alpha value is -1.88. The lowest BCUT2D eigenvalue weighted by atomic mass is 10.0. The van der Waals surface area contributed by atoms with E-state index in [0.717, 1.165) is 41.0 Å². The van der Waals surface area contributed by atoms with E-state index in [1.54, 1.807) is 0 Å². The summed E-state index contributed by atoms with van der Waals surface area (Å²) >= 11 is 1.46. The molecule has 0 fully saturated rings. The van der Waals surface area contributed by atoms with Crippen LogP contribution < -0.4 is 0 Å². The lowest BCUT2D eigenvalue weighted by Gasteiger charge is -2.08. The molecular weight excluding hydrogens is 310 g/mol. The highest BCUT2D eigenvalue weighted by Crippen LogP contribution is 2.35. The van der Waals surface area contributed by atoms with Gasteiger partial charge in [-0.15, -0.1) is 11.3 Å². The van der Waals surface area contributed by atoms with E-state index in [0.29, 0.717) is 18.7 Å². The van der Waals surface area contributed by atoms with Crippen molar-refractivity contribution in [1.29, 1.82) is 0 Å². The van der Waals surface area contributed by atoms with Crippen LogP contribution in [0.1, 0.15) is 64.3 Å². The topological polar surface area (TPSA) is 59.3 Å². The van der Waals surface area contributed by atoms with E-state index in [-0.39, 0.29) is 5.78 Å². The highest BCUT2D eigenvalue weighted by atomic mass is 32.1. The Morgan fingerprint density at radius 1 is 1.43 bits per heavy atom. The highest BCUT2D eigenvalue weighted by molar-refractivity contribution is 7.12. The van der Waals surface area contributed by atoms with Crippen molar-refractivity contribution >= 4 is 23.1 Å². The first kappa shape index (κ1) is 16.0. The summed E-state index contributed by atoms with van der Waals surface area (Å²) in [6.45, 7) is 4.68. The van der Waals surface area contributed by atoms with Crippen LogP contribution in [0.25, 0.3) is 0 Å². The lowest BCUT2D eigenvalue weighted by Crippen LogP contribution is -2.11. The predicted molar refractivity (Wildman–Crippen MR) is 90.5 cm³/mol. The summed E-state index contributed by atoms with van der Waals surface area (Å²) in [7, 11) is 0. The average Bonchev–Trinajstić information content (AvgIpc) is 3.18. The summed E-state index contributed by atoms with van der Waals surface area (Å²) in [5.74, 6) is -1.24. The Kier molecular flexibility index (Phi) is 4.39. The molecule has 2 aromatic rings. The van der Waals surface area contributed by atoms with E-state index in [4.69, 9.17) is 0 Å². The van der Waals surface area contributed by atoms with Gasteiger partial charge in [0.25, 0.3) is 0 Å². The van der Waals surface area contributed by atoms with E-state index in [9.17, 15) is 14.7 Å². The van der Waals surface area contributed by atoms with Gasteiger partial charge in [0, 0.05) is 12.2 Å². The monoisotopic (exact) mass is 331 g/mol. The number of carbonyl (C=O) groups is 2. The van der Waals surface area contributed by atoms with Gasteiger partial charge in [-0.1, -0.05) is 13.3 Å². The summed E-state index contributed by atoms with van der Waals surface area (Å²) in [5.41, 5.74) is 3.50. The summed E-state index contributed by atoms with van der Waals surface area (Å²) in [6.07, 6.45) is 3.45. The Morgan fingerprint density at radius 3 is 2.83 bits per heavy atom. The molecule has 0 amide bonds. The maximum atomic E-state index is 13.1. The quantitative estimate of drug-likeness (QED) is 0.814. The summed E-state index contributed by atoms with van der Waals surface area (Å²) in [6, 6.07) is 3.91. The third-order valence-corrected chi connectivity index (χ3v) is 5.60. The molecule has 0 aliphatic carbocycles. The second-order valence-electron chi connectivity index (χ2n) is 6.14. The van der Waals surface area contributed by atoms with Crippen LogP contribution in [0.2, 0.25) is 0 Å². The number of aliphatic carboxylic acids is 1. The maximum absolute atomic E-state index is 13.1. The second kappa shape index (κ2) is 6.32. The Balaban J connectivity index is 2.07. The second-order valence-corrected chi connectivity index (χ2v) is 7.06. The first-order valence-electron chi connectivity index (χ1n) is 8.08. The van der Waals surface area contributed by atoms with E-state index < -0.39 is 11.9 Å². The molecule has 1 aliphatic rings. The van der Waals surface area contributed by atoms with Crippen molar-refractivity contribution in [3.8, 4) is 0 Å². The number of thiophene rings is 1. The fourth-order valence-corrected chi connectivity index (χ4v) is 4.22. The van der Waals surface area contributed by atoms with Crippen molar-refractivity contribution in [1.82, 2.24) is 4.57 Å². The van der Waals surface area contributed by atoms with Crippen molar-refractivity contribution in [2.24, 2.45) is 0 Å². The smallest absolute Gasteiger partial charge is 0.312 e. The summed E-state index contributed by atoms with van der Waals surface area (Å²) in [4.78, 5) is 25.3. The van der Waals surface area contributed by atoms with Gasteiger partial charge in [-0.2, -0.15) is 0 Å². The van der Waals surface area contributed by atoms with Crippen LogP contribution in [0.3, 0.4) is 0 Å². The van der Waals surface area contributed by atoms with Crippen molar-refractivity contribution in [2.45, 2.75) is 52.0 Å². The SMILES string of the molecule is CCCCc1cc2n(c1C(=O)c1sccc1C)CCC2C(=O)O. The van der Waals surface area contributed by atoms with Gasteiger partial charge in [0.1, 0.15) is 0 Å². The van der Waals surface area contributed by atoms with Crippen LogP contribution in [0.5, 0.6) is 0 Å². The van der Waals surface area contributed by atoms with Gasteiger partial charge < -0.3 is 9.67 Å². The van der Waals surface area contributed by atoms with Crippen molar-refractivity contribution in [3.05, 3.63) is 44.9 Å².